The number of carbonyl (C=O) groups excluding carboxylic acids is 1. The number of benzene rings is 1. The Morgan fingerprint density at radius 3 is 3.00 bits per heavy atom. The SMILES string of the molecule is Cc1cccc2c(=O)n(CCCC(=O)Nc3nnc(C4CC4)s3)cnc12. The summed E-state index contributed by atoms with van der Waals surface area (Å²) in [5.41, 5.74) is 1.64. The van der Waals surface area contributed by atoms with Crippen LogP contribution in [0.5, 0.6) is 0 Å². The summed E-state index contributed by atoms with van der Waals surface area (Å²) in [6.07, 6.45) is 4.76. The van der Waals surface area contributed by atoms with Crippen molar-refractivity contribution in [2.24, 2.45) is 0 Å². The van der Waals surface area contributed by atoms with E-state index in [1.165, 1.54) is 11.3 Å². The Kier molecular flexibility index (Phi) is 4.50. The smallest absolute Gasteiger partial charge is 0.261 e. The second kappa shape index (κ2) is 6.95. The lowest BCUT2D eigenvalue weighted by atomic mass is 10.1. The Hall–Kier alpha value is -2.61. The molecule has 4 rings (SSSR count). The number of rotatable bonds is 6. The Bertz CT molecular complexity index is 1020. The van der Waals surface area contributed by atoms with Crippen LogP contribution in [-0.4, -0.2) is 25.7 Å². The molecule has 1 aliphatic carbocycles. The van der Waals surface area contributed by atoms with Gasteiger partial charge in [0.2, 0.25) is 11.0 Å². The summed E-state index contributed by atoms with van der Waals surface area (Å²) in [5, 5.41) is 13.1. The molecule has 1 amide bonds. The average Bonchev–Trinajstić information content (AvgIpc) is 3.37. The van der Waals surface area contributed by atoms with E-state index in [4.69, 9.17) is 0 Å². The summed E-state index contributed by atoms with van der Waals surface area (Å²) in [6.45, 7) is 2.39. The van der Waals surface area contributed by atoms with Crippen LogP contribution in [-0.2, 0) is 11.3 Å². The summed E-state index contributed by atoms with van der Waals surface area (Å²) >= 11 is 1.45. The van der Waals surface area contributed by atoms with Crippen molar-refractivity contribution in [2.75, 3.05) is 5.32 Å². The third kappa shape index (κ3) is 3.50. The molecule has 0 atom stereocenters. The highest BCUT2D eigenvalue weighted by atomic mass is 32.1. The van der Waals surface area contributed by atoms with Crippen LogP contribution in [0, 0.1) is 6.92 Å². The first kappa shape index (κ1) is 16.8. The molecule has 3 aromatic rings. The highest BCUT2D eigenvalue weighted by Crippen LogP contribution is 2.42. The molecule has 0 unspecified atom stereocenters. The van der Waals surface area contributed by atoms with Gasteiger partial charge in [0.15, 0.2) is 0 Å². The Labute approximate surface area is 154 Å². The van der Waals surface area contributed by atoms with E-state index in [0.717, 1.165) is 28.9 Å². The molecule has 7 nitrogen and oxygen atoms in total. The molecule has 2 aromatic heterocycles. The first-order valence-electron chi connectivity index (χ1n) is 8.70. The lowest BCUT2D eigenvalue weighted by molar-refractivity contribution is -0.116. The minimum absolute atomic E-state index is 0.0719. The predicted octanol–water partition coefficient (Wildman–Crippen LogP) is 2.85. The van der Waals surface area contributed by atoms with Gasteiger partial charge in [-0.2, -0.15) is 0 Å². The fourth-order valence-corrected chi connectivity index (χ4v) is 3.80. The molecule has 0 radical (unpaired) electrons. The van der Waals surface area contributed by atoms with E-state index in [9.17, 15) is 9.59 Å². The molecule has 2 heterocycles. The van der Waals surface area contributed by atoms with Crippen molar-refractivity contribution >= 4 is 33.3 Å². The zero-order valence-corrected chi connectivity index (χ0v) is 15.3. The van der Waals surface area contributed by atoms with E-state index in [1.807, 2.05) is 19.1 Å². The van der Waals surface area contributed by atoms with Crippen molar-refractivity contribution in [3.63, 3.8) is 0 Å². The number of aryl methyl sites for hydroxylation is 2. The van der Waals surface area contributed by atoms with Crippen LogP contribution < -0.4 is 10.9 Å². The van der Waals surface area contributed by atoms with E-state index in [2.05, 4.69) is 20.5 Å². The van der Waals surface area contributed by atoms with Crippen molar-refractivity contribution in [3.8, 4) is 0 Å². The minimum atomic E-state index is -0.110. The van der Waals surface area contributed by atoms with E-state index in [1.54, 1.807) is 17.0 Å². The Morgan fingerprint density at radius 1 is 1.35 bits per heavy atom. The standard InChI is InChI=1S/C18H19N5O2S/c1-11-4-2-5-13-15(11)19-10-23(17(13)25)9-3-6-14(24)20-18-22-21-16(26-18)12-7-8-12/h2,4-5,10,12H,3,6-9H2,1H3,(H,20,22,24). The number of nitrogens with one attached hydrogen (secondary N) is 1. The summed E-state index contributed by atoms with van der Waals surface area (Å²) in [5.74, 6) is 0.426. The number of aromatic nitrogens is 4. The molecule has 0 spiro atoms. The first-order chi connectivity index (χ1) is 12.6. The molecule has 8 heteroatoms. The van der Waals surface area contributed by atoms with Gasteiger partial charge < -0.3 is 5.32 Å². The number of fused-ring (bicyclic) bond motifs is 1. The molecule has 1 aliphatic rings. The van der Waals surface area contributed by atoms with Crippen molar-refractivity contribution in [3.05, 3.63) is 45.5 Å². The summed E-state index contributed by atoms with van der Waals surface area (Å²) in [4.78, 5) is 29.0. The minimum Gasteiger partial charge on any atom is -0.301 e. The van der Waals surface area contributed by atoms with E-state index < -0.39 is 0 Å². The Balaban J connectivity index is 1.35. The third-order valence-electron chi connectivity index (χ3n) is 4.47. The average molecular weight is 369 g/mol. The van der Waals surface area contributed by atoms with E-state index >= 15 is 0 Å². The number of hydrogen-bond acceptors (Lipinski definition) is 6. The maximum absolute atomic E-state index is 12.5. The fraction of sp³-hybridized carbons (Fsp3) is 0.389. The van der Waals surface area contributed by atoms with E-state index in [0.29, 0.717) is 35.8 Å². The van der Waals surface area contributed by atoms with Gasteiger partial charge in [0.05, 0.1) is 17.2 Å². The lowest BCUT2D eigenvalue weighted by Gasteiger charge is -2.07. The van der Waals surface area contributed by atoms with Gasteiger partial charge in [-0.25, -0.2) is 4.98 Å². The number of amides is 1. The van der Waals surface area contributed by atoms with Gasteiger partial charge in [0.25, 0.3) is 5.56 Å². The van der Waals surface area contributed by atoms with Gasteiger partial charge in [-0.1, -0.05) is 23.5 Å². The molecule has 1 fully saturated rings. The zero-order chi connectivity index (χ0) is 18.1. The van der Waals surface area contributed by atoms with Crippen LogP contribution in [0.4, 0.5) is 5.13 Å². The molecule has 26 heavy (non-hydrogen) atoms. The van der Waals surface area contributed by atoms with Crippen molar-refractivity contribution in [2.45, 2.75) is 45.1 Å². The maximum atomic E-state index is 12.5. The van der Waals surface area contributed by atoms with Crippen LogP contribution >= 0.6 is 11.3 Å². The van der Waals surface area contributed by atoms with Crippen LogP contribution in [0.15, 0.2) is 29.3 Å². The fourth-order valence-electron chi connectivity index (χ4n) is 2.87. The monoisotopic (exact) mass is 369 g/mol. The lowest BCUT2D eigenvalue weighted by Crippen LogP contribution is -2.22. The number of nitrogens with zero attached hydrogens (tertiary/aromatic N) is 4. The topological polar surface area (TPSA) is 89.8 Å². The number of carbonyl (C=O) groups is 1. The van der Waals surface area contributed by atoms with Crippen LogP contribution in [0.2, 0.25) is 0 Å². The number of anilines is 1. The second-order valence-electron chi connectivity index (χ2n) is 6.59. The van der Waals surface area contributed by atoms with Crippen molar-refractivity contribution in [1.82, 2.24) is 19.7 Å². The number of para-hydroxylation sites is 1. The summed E-state index contributed by atoms with van der Waals surface area (Å²) in [7, 11) is 0. The largest absolute Gasteiger partial charge is 0.301 e. The highest BCUT2D eigenvalue weighted by Gasteiger charge is 2.27. The van der Waals surface area contributed by atoms with Crippen LogP contribution in [0.1, 0.15) is 42.2 Å². The first-order valence-corrected chi connectivity index (χ1v) is 9.51. The molecule has 1 saturated carbocycles. The van der Waals surface area contributed by atoms with E-state index in [-0.39, 0.29) is 11.5 Å². The Morgan fingerprint density at radius 2 is 2.19 bits per heavy atom. The quantitative estimate of drug-likeness (QED) is 0.722. The molecule has 0 aliphatic heterocycles. The van der Waals surface area contributed by atoms with Crippen molar-refractivity contribution in [1.29, 1.82) is 0 Å². The van der Waals surface area contributed by atoms with Gasteiger partial charge in [-0.15, -0.1) is 10.2 Å². The van der Waals surface area contributed by atoms with Gasteiger partial charge in [0.1, 0.15) is 5.01 Å². The van der Waals surface area contributed by atoms with Gasteiger partial charge in [-0.3, -0.25) is 14.2 Å². The maximum Gasteiger partial charge on any atom is 0.261 e. The molecular weight excluding hydrogens is 350 g/mol. The second-order valence-corrected chi connectivity index (χ2v) is 7.59. The highest BCUT2D eigenvalue weighted by molar-refractivity contribution is 7.15. The van der Waals surface area contributed by atoms with Crippen LogP contribution in [0.25, 0.3) is 10.9 Å². The normalized spacial score (nSPS) is 13.9. The molecule has 134 valence electrons. The van der Waals surface area contributed by atoms with Crippen LogP contribution in [0.3, 0.4) is 0 Å². The summed E-state index contributed by atoms with van der Waals surface area (Å²) < 4.78 is 1.56. The molecule has 0 saturated heterocycles. The molecule has 1 aromatic carbocycles. The number of hydrogen-bond donors (Lipinski definition) is 1. The predicted molar refractivity (Wildman–Crippen MR) is 100 cm³/mol. The zero-order valence-electron chi connectivity index (χ0n) is 14.4. The molecule has 1 N–H and O–H groups in total. The van der Waals surface area contributed by atoms with Crippen molar-refractivity contribution < 1.29 is 4.79 Å². The summed E-state index contributed by atoms with van der Waals surface area (Å²) in [6, 6.07) is 5.58. The third-order valence-corrected chi connectivity index (χ3v) is 5.47. The van der Waals surface area contributed by atoms with Gasteiger partial charge >= 0.3 is 0 Å². The van der Waals surface area contributed by atoms with Gasteiger partial charge in [-0.05, 0) is 37.8 Å². The molecule has 0 bridgehead atoms. The molecular formula is C18H19N5O2S. The van der Waals surface area contributed by atoms with Gasteiger partial charge in [0, 0.05) is 18.9 Å².